The highest BCUT2D eigenvalue weighted by Crippen LogP contribution is 2.32. The lowest BCUT2D eigenvalue weighted by Gasteiger charge is -2.27. The zero-order chi connectivity index (χ0) is 23.8. The fourth-order valence-electron chi connectivity index (χ4n) is 3.77. The van der Waals surface area contributed by atoms with Gasteiger partial charge in [-0.15, -0.1) is 0 Å². The van der Waals surface area contributed by atoms with Gasteiger partial charge in [0.2, 0.25) is 5.91 Å². The van der Waals surface area contributed by atoms with Gasteiger partial charge in [-0.2, -0.15) is 13.2 Å². The van der Waals surface area contributed by atoms with E-state index in [1.54, 1.807) is 14.2 Å². The number of amides is 1. The van der Waals surface area contributed by atoms with E-state index < -0.39 is 17.8 Å². The number of benzene rings is 3. The number of rotatable bonds is 9. The van der Waals surface area contributed by atoms with Gasteiger partial charge in [0, 0.05) is 18.7 Å². The van der Waals surface area contributed by atoms with E-state index in [4.69, 9.17) is 4.74 Å². The molecule has 3 aromatic carbocycles. The number of likely N-dealkylation sites (N-methyl/N-ethyl adjacent to an activating group) is 1. The van der Waals surface area contributed by atoms with Gasteiger partial charge >= 0.3 is 6.18 Å². The van der Waals surface area contributed by atoms with E-state index in [2.05, 4.69) is 10.6 Å². The highest BCUT2D eigenvalue weighted by Gasteiger charge is 2.30. The van der Waals surface area contributed by atoms with Gasteiger partial charge in [-0.3, -0.25) is 10.1 Å². The molecule has 3 rings (SSSR count). The second-order valence-electron chi connectivity index (χ2n) is 7.65. The number of nitrogens with one attached hydrogen (secondary N) is 2. The first-order chi connectivity index (χ1) is 15.8. The lowest BCUT2D eigenvalue weighted by Crippen LogP contribution is -2.38. The van der Waals surface area contributed by atoms with Crippen molar-refractivity contribution in [3.05, 3.63) is 101 Å². The highest BCUT2D eigenvalue weighted by atomic mass is 19.4. The second-order valence-corrected chi connectivity index (χ2v) is 7.65. The summed E-state index contributed by atoms with van der Waals surface area (Å²) in [6, 6.07) is 21.2. The molecule has 0 aliphatic heterocycles. The zero-order valence-electron chi connectivity index (χ0n) is 18.5. The van der Waals surface area contributed by atoms with Crippen LogP contribution >= 0.6 is 0 Å². The van der Waals surface area contributed by atoms with Crippen LogP contribution in [-0.2, 0) is 17.4 Å². The van der Waals surface area contributed by atoms with Crippen molar-refractivity contribution < 1.29 is 22.7 Å². The molecule has 0 saturated carbocycles. The fourth-order valence-corrected chi connectivity index (χ4v) is 3.77. The predicted octanol–water partition coefficient (Wildman–Crippen LogP) is 5.46. The van der Waals surface area contributed by atoms with Crippen LogP contribution in [0.15, 0.2) is 78.9 Å². The molecular formula is C26H27F3N2O2. The highest BCUT2D eigenvalue weighted by molar-refractivity contribution is 5.83. The van der Waals surface area contributed by atoms with E-state index in [0.717, 1.165) is 28.8 Å². The molecule has 0 saturated heterocycles. The molecule has 1 amide bonds. The number of hydrogen-bond donors (Lipinski definition) is 2. The Balaban J connectivity index is 1.88. The fraction of sp³-hybridized carbons (Fsp3) is 0.269. The van der Waals surface area contributed by atoms with Gasteiger partial charge in [-0.25, -0.2) is 0 Å². The van der Waals surface area contributed by atoms with Crippen molar-refractivity contribution in [1.29, 1.82) is 0 Å². The molecule has 2 N–H and O–H groups in total. The molecule has 3 aromatic rings. The van der Waals surface area contributed by atoms with E-state index in [-0.39, 0.29) is 11.9 Å². The Hall–Kier alpha value is -3.32. The monoisotopic (exact) mass is 456 g/mol. The third-order valence-electron chi connectivity index (χ3n) is 5.53. The molecule has 0 spiro atoms. The van der Waals surface area contributed by atoms with Crippen molar-refractivity contribution in [3.8, 4) is 5.75 Å². The average molecular weight is 457 g/mol. The van der Waals surface area contributed by atoms with E-state index in [0.29, 0.717) is 18.6 Å². The number of methoxy groups -OCH3 is 1. The number of aryl methyl sites for hydroxylation is 1. The first kappa shape index (κ1) is 24.3. The largest absolute Gasteiger partial charge is 0.496 e. The predicted molar refractivity (Wildman–Crippen MR) is 122 cm³/mol. The van der Waals surface area contributed by atoms with Crippen molar-refractivity contribution in [2.45, 2.75) is 31.1 Å². The van der Waals surface area contributed by atoms with E-state index >= 15 is 0 Å². The quantitative estimate of drug-likeness (QED) is 0.449. The van der Waals surface area contributed by atoms with Crippen LogP contribution in [0.2, 0.25) is 0 Å². The molecule has 0 bridgehead atoms. The minimum atomic E-state index is -4.36. The molecule has 174 valence electrons. The zero-order valence-corrected chi connectivity index (χ0v) is 18.5. The van der Waals surface area contributed by atoms with E-state index in [1.807, 2.05) is 54.6 Å². The van der Waals surface area contributed by atoms with Crippen molar-refractivity contribution in [3.63, 3.8) is 0 Å². The number of para-hydroxylation sites is 1. The maximum absolute atomic E-state index is 12.9. The third kappa shape index (κ3) is 6.35. The topological polar surface area (TPSA) is 50.4 Å². The van der Waals surface area contributed by atoms with Crippen LogP contribution in [0.25, 0.3) is 0 Å². The molecule has 0 aliphatic carbocycles. The van der Waals surface area contributed by atoms with E-state index in [1.165, 1.54) is 12.1 Å². The summed E-state index contributed by atoms with van der Waals surface area (Å²) in [5.74, 6) is 0.488. The van der Waals surface area contributed by atoms with Crippen molar-refractivity contribution in [2.24, 2.45) is 0 Å². The van der Waals surface area contributed by atoms with Gasteiger partial charge < -0.3 is 10.1 Å². The summed E-state index contributed by atoms with van der Waals surface area (Å²) in [6.07, 6.45) is -3.30. The molecule has 0 fully saturated rings. The number of hydrogen-bond acceptors (Lipinski definition) is 3. The Kier molecular flexibility index (Phi) is 8.11. The van der Waals surface area contributed by atoms with Crippen LogP contribution in [0.4, 0.5) is 13.2 Å². The number of halogens is 3. The maximum atomic E-state index is 12.9. The number of carbonyl (C=O) groups excluding carboxylic acids is 1. The van der Waals surface area contributed by atoms with Crippen molar-refractivity contribution >= 4 is 5.91 Å². The summed E-state index contributed by atoms with van der Waals surface area (Å²) in [4.78, 5) is 12.7. The molecular weight excluding hydrogens is 429 g/mol. The summed E-state index contributed by atoms with van der Waals surface area (Å²) in [7, 11) is 3.17. The number of carbonyl (C=O) groups is 1. The lowest BCUT2D eigenvalue weighted by molar-refractivity contribution is -0.137. The molecule has 0 radical (unpaired) electrons. The van der Waals surface area contributed by atoms with Crippen molar-refractivity contribution in [1.82, 2.24) is 10.6 Å². The lowest BCUT2D eigenvalue weighted by atomic mass is 9.95. The number of alkyl halides is 3. The van der Waals surface area contributed by atoms with Crippen LogP contribution in [0.1, 0.15) is 40.8 Å². The molecule has 0 heterocycles. The van der Waals surface area contributed by atoms with Crippen molar-refractivity contribution in [2.75, 3.05) is 14.2 Å². The summed E-state index contributed by atoms with van der Waals surface area (Å²) >= 11 is 0. The normalized spacial score (nSPS) is 13.2. The summed E-state index contributed by atoms with van der Waals surface area (Å²) in [6.45, 7) is 0. The first-order valence-electron chi connectivity index (χ1n) is 10.6. The maximum Gasteiger partial charge on any atom is 0.416 e. The molecule has 4 nitrogen and oxygen atoms in total. The Morgan fingerprint density at radius 1 is 0.939 bits per heavy atom. The molecule has 2 atom stereocenters. The van der Waals surface area contributed by atoms with Crippen LogP contribution in [-0.4, -0.2) is 20.1 Å². The molecule has 0 aromatic heterocycles. The summed E-state index contributed by atoms with van der Waals surface area (Å²) in [5, 5.41) is 6.15. The second kappa shape index (κ2) is 11.0. The minimum absolute atomic E-state index is 0.185. The first-order valence-corrected chi connectivity index (χ1v) is 10.6. The van der Waals surface area contributed by atoms with Gasteiger partial charge in [-0.1, -0.05) is 60.7 Å². The molecule has 7 heteroatoms. The minimum Gasteiger partial charge on any atom is -0.496 e. The Labute approximate surface area is 191 Å². The van der Waals surface area contributed by atoms with Gasteiger partial charge in [0.05, 0.1) is 12.7 Å². The van der Waals surface area contributed by atoms with Gasteiger partial charge in [-0.05, 0) is 42.2 Å². The smallest absolute Gasteiger partial charge is 0.416 e. The van der Waals surface area contributed by atoms with Crippen LogP contribution in [0.5, 0.6) is 5.75 Å². The molecule has 33 heavy (non-hydrogen) atoms. The Morgan fingerprint density at radius 2 is 1.58 bits per heavy atom. The number of ether oxygens (including phenoxy) is 1. The van der Waals surface area contributed by atoms with Crippen LogP contribution in [0.3, 0.4) is 0 Å². The van der Waals surface area contributed by atoms with Crippen LogP contribution in [0, 0.1) is 0 Å². The SMILES string of the molecule is CNC(=O)[C@H](N[C@@H](CCc1ccc(C(F)(F)F)cc1)c1ccccc1OC)c1ccccc1. The van der Waals surface area contributed by atoms with Crippen LogP contribution < -0.4 is 15.4 Å². The van der Waals surface area contributed by atoms with Gasteiger partial charge in [0.25, 0.3) is 0 Å². The third-order valence-corrected chi connectivity index (χ3v) is 5.53. The Bertz CT molecular complexity index is 1040. The van der Waals surface area contributed by atoms with Gasteiger partial charge in [0.15, 0.2) is 0 Å². The molecule has 0 aliphatic rings. The van der Waals surface area contributed by atoms with Gasteiger partial charge in [0.1, 0.15) is 11.8 Å². The summed E-state index contributed by atoms with van der Waals surface area (Å²) < 4.78 is 44.2. The Morgan fingerprint density at radius 3 is 2.18 bits per heavy atom. The average Bonchev–Trinajstić information content (AvgIpc) is 2.84. The molecule has 0 unspecified atom stereocenters. The summed E-state index contributed by atoms with van der Waals surface area (Å²) in [5.41, 5.74) is 1.79. The standard InChI is InChI=1S/C26H27F3N2O2/c1-30-25(32)24(19-8-4-3-5-9-19)31-22(21-10-6-7-11-23(21)33-2)17-14-18-12-15-20(16-13-18)26(27,28)29/h3-13,15-16,22,24,31H,14,17H2,1-2H3,(H,30,32)/t22-,24+/m0/s1. The van der Waals surface area contributed by atoms with E-state index in [9.17, 15) is 18.0 Å².